The van der Waals surface area contributed by atoms with Crippen molar-refractivity contribution in [3.63, 3.8) is 0 Å². The fourth-order valence-corrected chi connectivity index (χ4v) is 1.84. The Morgan fingerprint density at radius 3 is 2.53 bits per heavy atom. The number of urea groups is 1. The van der Waals surface area contributed by atoms with Crippen molar-refractivity contribution in [3.8, 4) is 0 Å². The molecule has 0 aliphatic carbocycles. The number of amides is 3. The van der Waals surface area contributed by atoms with Crippen LogP contribution in [0.15, 0.2) is 5.16 Å². The lowest BCUT2D eigenvalue weighted by Gasteiger charge is -2.10. The lowest BCUT2D eigenvalue weighted by molar-refractivity contribution is -0.119. The molecule has 0 bridgehead atoms. The molecule has 94 valence electrons. The van der Waals surface area contributed by atoms with Crippen LogP contribution in [0.4, 0.5) is 4.79 Å². The topological polar surface area (TPSA) is 88.9 Å². The van der Waals surface area contributed by atoms with Crippen molar-refractivity contribution in [3.05, 3.63) is 5.82 Å². The highest BCUT2D eigenvalue weighted by molar-refractivity contribution is 8.00. The Hall–Kier alpha value is -1.57. The summed E-state index contributed by atoms with van der Waals surface area (Å²) in [4.78, 5) is 22.5. The van der Waals surface area contributed by atoms with Gasteiger partial charge in [-0.3, -0.25) is 10.1 Å². The first-order valence-corrected chi connectivity index (χ1v) is 5.89. The van der Waals surface area contributed by atoms with E-state index in [1.807, 2.05) is 14.0 Å². The number of aryl methyl sites for hydroxylation is 1. The van der Waals surface area contributed by atoms with Gasteiger partial charge >= 0.3 is 6.03 Å². The van der Waals surface area contributed by atoms with E-state index >= 15 is 0 Å². The average Bonchev–Trinajstić information content (AvgIpc) is 2.60. The van der Waals surface area contributed by atoms with E-state index in [0.29, 0.717) is 5.16 Å². The van der Waals surface area contributed by atoms with Crippen molar-refractivity contribution in [1.82, 2.24) is 25.4 Å². The molecule has 7 nitrogen and oxygen atoms in total. The van der Waals surface area contributed by atoms with Gasteiger partial charge in [0.15, 0.2) is 5.16 Å². The van der Waals surface area contributed by atoms with E-state index in [1.54, 1.807) is 11.5 Å². The molecular formula is C9H15N5O2S. The number of thioether (sulfide) groups is 1. The minimum atomic E-state index is -0.517. The molecule has 1 unspecified atom stereocenters. The van der Waals surface area contributed by atoms with Gasteiger partial charge in [-0.1, -0.05) is 11.8 Å². The zero-order valence-corrected chi connectivity index (χ0v) is 11.0. The van der Waals surface area contributed by atoms with Crippen molar-refractivity contribution in [2.45, 2.75) is 24.3 Å². The van der Waals surface area contributed by atoms with Gasteiger partial charge in [0.25, 0.3) is 0 Å². The summed E-state index contributed by atoms with van der Waals surface area (Å²) >= 11 is 1.25. The second-order valence-electron chi connectivity index (χ2n) is 3.42. The number of nitrogens with zero attached hydrogens (tertiary/aromatic N) is 3. The zero-order chi connectivity index (χ0) is 13.0. The van der Waals surface area contributed by atoms with E-state index in [2.05, 4.69) is 20.8 Å². The van der Waals surface area contributed by atoms with Gasteiger partial charge in [0.1, 0.15) is 5.82 Å². The maximum Gasteiger partial charge on any atom is 0.321 e. The minimum absolute atomic E-state index is 0.366. The Labute approximate surface area is 103 Å². The Balaban J connectivity index is 2.60. The van der Waals surface area contributed by atoms with Gasteiger partial charge in [-0.05, 0) is 13.8 Å². The molecule has 1 rings (SSSR count). The highest BCUT2D eigenvalue weighted by Crippen LogP contribution is 2.20. The number of nitrogens with one attached hydrogen (secondary N) is 2. The fourth-order valence-electron chi connectivity index (χ4n) is 0.978. The average molecular weight is 257 g/mol. The molecular weight excluding hydrogens is 242 g/mol. The molecule has 3 amide bonds. The van der Waals surface area contributed by atoms with E-state index in [-0.39, 0.29) is 5.91 Å². The standard InChI is InChI=1S/C9H15N5O2S/c1-5(7(15)11-8(16)10-3)17-9-13-12-6(2)14(9)4/h5H,1-4H3,(H2,10,11,15,16). The molecule has 8 heteroatoms. The molecule has 0 fully saturated rings. The number of carbonyl (C=O) groups excluding carboxylic acids is 2. The Morgan fingerprint density at radius 1 is 1.41 bits per heavy atom. The predicted octanol–water partition coefficient (Wildman–Crippen LogP) is 0.0597. The van der Waals surface area contributed by atoms with Crippen LogP contribution < -0.4 is 10.6 Å². The fraction of sp³-hybridized carbons (Fsp3) is 0.556. The van der Waals surface area contributed by atoms with Gasteiger partial charge in [0.2, 0.25) is 5.91 Å². The van der Waals surface area contributed by atoms with Gasteiger partial charge < -0.3 is 9.88 Å². The summed E-state index contributed by atoms with van der Waals surface area (Å²) in [5.74, 6) is 0.404. The van der Waals surface area contributed by atoms with Gasteiger partial charge in [0.05, 0.1) is 5.25 Å². The van der Waals surface area contributed by atoms with E-state index in [9.17, 15) is 9.59 Å². The first kappa shape index (κ1) is 13.5. The molecule has 0 aliphatic rings. The first-order chi connectivity index (χ1) is 7.95. The smallest absolute Gasteiger partial charge is 0.321 e. The lowest BCUT2D eigenvalue weighted by atomic mass is 10.4. The normalized spacial score (nSPS) is 12.0. The number of aromatic nitrogens is 3. The molecule has 1 aromatic heterocycles. The second-order valence-corrected chi connectivity index (χ2v) is 4.73. The summed E-state index contributed by atoms with van der Waals surface area (Å²) in [6.07, 6.45) is 0. The third-order valence-corrected chi connectivity index (χ3v) is 3.30. The monoisotopic (exact) mass is 257 g/mol. The third kappa shape index (κ3) is 3.45. The number of imide groups is 1. The maximum absolute atomic E-state index is 11.6. The lowest BCUT2D eigenvalue weighted by Crippen LogP contribution is -2.41. The van der Waals surface area contributed by atoms with E-state index in [0.717, 1.165) is 5.82 Å². The molecule has 1 atom stereocenters. The van der Waals surface area contributed by atoms with Crippen LogP contribution in [0.3, 0.4) is 0 Å². The molecule has 0 aliphatic heterocycles. The van der Waals surface area contributed by atoms with Crippen LogP contribution in [0.2, 0.25) is 0 Å². The molecule has 0 saturated carbocycles. The molecule has 0 saturated heterocycles. The quantitative estimate of drug-likeness (QED) is 0.747. The zero-order valence-electron chi connectivity index (χ0n) is 10.1. The van der Waals surface area contributed by atoms with Crippen LogP contribution in [0.5, 0.6) is 0 Å². The number of rotatable bonds is 3. The van der Waals surface area contributed by atoms with E-state index in [1.165, 1.54) is 18.8 Å². The summed E-state index contributed by atoms with van der Waals surface area (Å²) in [5, 5.41) is 12.6. The SMILES string of the molecule is CNC(=O)NC(=O)C(C)Sc1nnc(C)n1C. The molecule has 0 radical (unpaired) electrons. The van der Waals surface area contributed by atoms with Gasteiger partial charge in [-0.15, -0.1) is 10.2 Å². The molecule has 1 heterocycles. The summed E-state index contributed by atoms with van der Waals surface area (Å²) in [5.41, 5.74) is 0. The summed E-state index contributed by atoms with van der Waals surface area (Å²) < 4.78 is 1.79. The highest BCUT2D eigenvalue weighted by atomic mass is 32.2. The van der Waals surface area contributed by atoms with E-state index in [4.69, 9.17) is 0 Å². The predicted molar refractivity (Wildman–Crippen MR) is 63.7 cm³/mol. The van der Waals surface area contributed by atoms with Crippen LogP contribution in [0.25, 0.3) is 0 Å². The molecule has 2 N–H and O–H groups in total. The second kappa shape index (κ2) is 5.67. The minimum Gasteiger partial charge on any atom is -0.341 e. The maximum atomic E-state index is 11.6. The van der Waals surface area contributed by atoms with Crippen molar-refractivity contribution < 1.29 is 9.59 Å². The number of carbonyl (C=O) groups is 2. The largest absolute Gasteiger partial charge is 0.341 e. The Morgan fingerprint density at radius 2 is 2.06 bits per heavy atom. The van der Waals surface area contributed by atoms with Crippen molar-refractivity contribution >= 4 is 23.7 Å². The van der Waals surface area contributed by atoms with Crippen LogP contribution in [0, 0.1) is 6.92 Å². The van der Waals surface area contributed by atoms with Crippen LogP contribution >= 0.6 is 11.8 Å². The van der Waals surface area contributed by atoms with Crippen molar-refractivity contribution in [2.24, 2.45) is 7.05 Å². The van der Waals surface area contributed by atoms with Crippen LogP contribution in [-0.4, -0.2) is 39.0 Å². The molecule has 0 aromatic carbocycles. The van der Waals surface area contributed by atoms with Crippen molar-refractivity contribution in [2.75, 3.05) is 7.05 Å². The highest BCUT2D eigenvalue weighted by Gasteiger charge is 2.19. The van der Waals surface area contributed by atoms with Gasteiger partial charge in [-0.25, -0.2) is 4.79 Å². The van der Waals surface area contributed by atoms with Crippen LogP contribution in [-0.2, 0) is 11.8 Å². The molecule has 0 spiro atoms. The Kier molecular flexibility index (Phi) is 4.50. The number of hydrogen-bond acceptors (Lipinski definition) is 5. The molecule has 1 aromatic rings. The third-order valence-electron chi connectivity index (χ3n) is 2.17. The van der Waals surface area contributed by atoms with E-state index < -0.39 is 11.3 Å². The summed E-state index contributed by atoms with van der Waals surface area (Å²) in [7, 11) is 3.27. The Bertz CT molecular complexity index is 431. The van der Waals surface area contributed by atoms with Gasteiger partial charge in [0, 0.05) is 14.1 Å². The van der Waals surface area contributed by atoms with Crippen molar-refractivity contribution in [1.29, 1.82) is 0 Å². The first-order valence-electron chi connectivity index (χ1n) is 5.01. The van der Waals surface area contributed by atoms with Crippen LogP contribution in [0.1, 0.15) is 12.7 Å². The van der Waals surface area contributed by atoms with Gasteiger partial charge in [-0.2, -0.15) is 0 Å². The molecule has 17 heavy (non-hydrogen) atoms. The summed E-state index contributed by atoms with van der Waals surface area (Å²) in [6.45, 7) is 3.53. The number of hydrogen-bond donors (Lipinski definition) is 2. The summed E-state index contributed by atoms with van der Waals surface area (Å²) in [6, 6.07) is -0.517.